The summed E-state index contributed by atoms with van der Waals surface area (Å²) in [6.07, 6.45) is 1.71. The smallest absolute Gasteiger partial charge is 0.253 e. The first-order chi connectivity index (χ1) is 13.8. The van der Waals surface area contributed by atoms with Crippen LogP contribution >= 0.6 is 0 Å². The number of nitrogens with zero attached hydrogens (tertiary/aromatic N) is 1. The Morgan fingerprint density at radius 3 is 2.59 bits per heavy atom. The Hall–Kier alpha value is -2.58. The first kappa shape index (κ1) is 21.1. The highest BCUT2D eigenvalue weighted by atomic mass is 32.2. The lowest BCUT2D eigenvalue weighted by atomic mass is 10.1. The average Bonchev–Trinajstić information content (AvgIpc) is 3.52. The topological polar surface area (TPSA) is 84.9 Å². The van der Waals surface area contributed by atoms with E-state index in [9.17, 15) is 13.2 Å². The number of sulfonamides is 1. The molecule has 3 rings (SSSR count). The largest absolute Gasteiger partial charge is 0.493 e. The van der Waals surface area contributed by atoms with Crippen LogP contribution in [0.1, 0.15) is 35.7 Å². The summed E-state index contributed by atoms with van der Waals surface area (Å²) in [5.41, 5.74) is 1.20. The highest BCUT2D eigenvalue weighted by molar-refractivity contribution is 7.89. The van der Waals surface area contributed by atoms with E-state index >= 15 is 0 Å². The Labute approximate surface area is 171 Å². The van der Waals surface area contributed by atoms with E-state index in [1.54, 1.807) is 26.3 Å². The van der Waals surface area contributed by atoms with E-state index in [-0.39, 0.29) is 16.8 Å². The molecule has 156 valence electrons. The summed E-state index contributed by atoms with van der Waals surface area (Å²) in [4.78, 5) is 14.5. The van der Waals surface area contributed by atoms with Gasteiger partial charge in [0.1, 0.15) is 0 Å². The molecule has 2 aromatic rings. The molecule has 0 bridgehead atoms. The van der Waals surface area contributed by atoms with Gasteiger partial charge in [-0.15, -0.1) is 0 Å². The molecule has 1 amide bonds. The van der Waals surface area contributed by atoms with Crippen LogP contribution in [0.3, 0.4) is 0 Å². The predicted molar refractivity (Wildman–Crippen MR) is 110 cm³/mol. The number of amides is 1. The molecule has 0 aliphatic heterocycles. The highest BCUT2D eigenvalue weighted by Gasteiger charge is 2.28. The molecule has 1 aliphatic carbocycles. The van der Waals surface area contributed by atoms with E-state index in [0.717, 1.165) is 18.4 Å². The molecule has 0 heterocycles. The van der Waals surface area contributed by atoms with Crippen molar-refractivity contribution in [2.45, 2.75) is 37.2 Å². The van der Waals surface area contributed by atoms with Gasteiger partial charge in [-0.2, -0.15) is 0 Å². The minimum atomic E-state index is -3.61. The maximum Gasteiger partial charge on any atom is 0.253 e. The van der Waals surface area contributed by atoms with E-state index in [2.05, 4.69) is 4.72 Å². The van der Waals surface area contributed by atoms with Gasteiger partial charge in [-0.25, -0.2) is 13.1 Å². The maximum absolute atomic E-state index is 12.8. The quantitative estimate of drug-likeness (QED) is 0.677. The molecule has 0 unspecified atom stereocenters. The van der Waals surface area contributed by atoms with Crippen LogP contribution < -0.4 is 14.2 Å². The van der Waals surface area contributed by atoms with Gasteiger partial charge in [0.05, 0.1) is 18.6 Å². The molecule has 7 nitrogen and oxygen atoms in total. The molecule has 0 radical (unpaired) electrons. The van der Waals surface area contributed by atoms with Crippen molar-refractivity contribution < 1.29 is 22.7 Å². The fourth-order valence-corrected chi connectivity index (χ4v) is 4.29. The zero-order valence-corrected chi connectivity index (χ0v) is 17.7. The predicted octanol–water partition coefficient (Wildman–Crippen LogP) is 2.81. The van der Waals surface area contributed by atoms with E-state index in [4.69, 9.17) is 9.47 Å². The van der Waals surface area contributed by atoms with Gasteiger partial charge in [0.2, 0.25) is 10.0 Å². The molecule has 0 atom stereocenters. The van der Waals surface area contributed by atoms with E-state index in [0.29, 0.717) is 30.2 Å². The van der Waals surface area contributed by atoms with Gasteiger partial charge in [0.15, 0.2) is 11.5 Å². The average molecular weight is 419 g/mol. The Morgan fingerprint density at radius 2 is 1.93 bits per heavy atom. The van der Waals surface area contributed by atoms with Crippen molar-refractivity contribution in [2.24, 2.45) is 0 Å². The number of hydrogen-bond acceptors (Lipinski definition) is 5. The maximum atomic E-state index is 12.8. The van der Waals surface area contributed by atoms with Crippen molar-refractivity contribution in [3.63, 3.8) is 0 Å². The van der Waals surface area contributed by atoms with Crippen LogP contribution in [-0.2, 0) is 16.6 Å². The number of hydrogen-bond donors (Lipinski definition) is 1. The number of nitrogens with one attached hydrogen (secondary N) is 1. The van der Waals surface area contributed by atoms with Crippen molar-refractivity contribution in [1.82, 2.24) is 9.62 Å². The highest BCUT2D eigenvalue weighted by Crippen LogP contribution is 2.28. The monoisotopic (exact) mass is 418 g/mol. The molecule has 0 spiro atoms. The number of ether oxygens (including phenoxy) is 2. The van der Waals surface area contributed by atoms with Gasteiger partial charge in [-0.1, -0.05) is 12.1 Å². The summed E-state index contributed by atoms with van der Waals surface area (Å²) in [7, 11) is -0.365. The van der Waals surface area contributed by atoms with E-state index < -0.39 is 10.0 Å². The molecule has 0 aromatic heterocycles. The Bertz CT molecular complexity index is 986. The minimum absolute atomic E-state index is 0.0108. The third-order valence-electron chi connectivity index (χ3n) is 4.58. The lowest BCUT2D eigenvalue weighted by Crippen LogP contribution is -2.28. The molecule has 29 heavy (non-hydrogen) atoms. The van der Waals surface area contributed by atoms with Crippen LogP contribution in [0.5, 0.6) is 11.5 Å². The van der Waals surface area contributed by atoms with Crippen LogP contribution in [-0.4, -0.2) is 46.0 Å². The van der Waals surface area contributed by atoms with Gasteiger partial charge in [0.25, 0.3) is 5.91 Å². The molecule has 2 aromatic carbocycles. The zero-order chi connectivity index (χ0) is 21.0. The normalized spacial score (nSPS) is 13.8. The molecule has 1 saturated carbocycles. The summed E-state index contributed by atoms with van der Waals surface area (Å²) in [6.45, 7) is 2.77. The van der Waals surface area contributed by atoms with Crippen molar-refractivity contribution >= 4 is 15.9 Å². The summed E-state index contributed by atoms with van der Waals surface area (Å²) in [5, 5.41) is 0. The van der Waals surface area contributed by atoms with Gasteiger partial charge in [-0.05, 0) is 55.7 Å². The molecule has 1 N–H and O–H groups in total. The Morgan fingerprint density at radius 1 is 1.17 bits per heavy atom. The van der Waals surface area contributed by atoms with Crippen molar-refractivity contribution in [1.29, 1.82) is 0 Å². The second kappa shape index (κ2) is 8.84. The number of carbonyl (C=O) groups is 1. The van der Waals surface area contributed by atoms with Crippen LogP contribution in [0.15, 0.2) is 47.4 Å². The van der Waals surface area contributed by atoms with Crippen LogP contribution in [0.25, 0.3) is 0 Å². The van der Waals surface area contributed by atoms with E-state index in [1.165, 1.54) is 17.0 Å². The number of methoxy groups -OCH3 is 1. The van der Waals surface area contributed by atoms with Crippen molar-refractivity contribution in [3.05, 3.63) is 53.6 Å². The molecule has 1 aliphatic rings. The summed E-state index contributed by atoms with van der Waals surface area (Å²) < 4.78 is 38.3. The van der Waals surface area contributed by atoms with Crippen molar-refractivity contribution in [3.8, 4) is 11.5 Å². The third kappa shape index (κ3) is 5.27. The van der Waals surface area contributed by atoms with Gasteiger partial charge >= 0.3 is 0 Å². The summed E-state index contributed by atoms with van der Waals surface area (Å²) in [6, 6.07) is 11.6. The SMILES string of the molecule is CCOc1ccc(CN(C)C(=O)c2cccc(S(=O)(=O)NC3CC3)c2)cc1OC. The fraction of sp³-hybridized carbons (Fsp3) is 0.381. The number of rotatable bonds is 9. The van der Waals surface area contributed by atoms with Gasteiger partial charge in [0, 0.05) is 25.2 Å². The molecule has 1 fully saturated rings. The lowest BCUT2D eigenvalue weighted by Gasteiger charge is -2.19. The van der Waals surface area contributed by atoms with Crippen molar-refractivity contribution in [2.75, 3.05) is 20.8 Å². The molecule has 8 heteroatoms. The zero-order valence-electron chi connectivity index (χ0n) is 16.8. The van der Waals surface area contributed by atoms with Gasteiger partial charge in [-0.3, -0.25) is 4.79 Å². The Balaban J connectivity index is 1.74. The van der Waals surface area contributed by atoms with Crippen LogP contribution in [0, 0.1) is 0 Å². The summed E-state index contributed by atoms with van der Waals surface area (Å²) >= 11 is 0. The number of benzene rings is 2. The van der Waals surface area contributed by atoms with Crippen LogP contribution in [0.4, 0.5) is 0 Å². The third-order valence-corrected chi connectivity index (χ3v) is 6.10. The molecular weight excluding hydrogens is 392 g/mol. The lowest BCUT2D eigenvalue weighted by molar-refractivity contribution is 0.0784. The molecular formula is C21H26N2O5S. The second-order valence-electron chi connectivity index (χ2n) is 7.00. The number of carbonyl (C=O) groups excluding carboxylic acids is 1. The fourth-order valence-electron chi connectivity index (χ4n) is 2.94. The summed E-state index contributed by atoms with van der Waals surface area (Å²) in [5.74, 6) is 0.986. The molecule has 0 saturated heterocycles. The van der Waals surface area contributed by atoms with E-state index in [1.807, 2.05) is 25.1 Å². The first-order valence-electron chi connectivity index (χ1n) is 9.51. The Kier molecular flexibility index (Phi) is 6.44. The second-order valence-corrected chi connectivity index (χ2v) is 8.72. The first-order valence-corrected chi connectivity index (χ1v) is 11.0. The van der Waals surface area contributed by atoms with Gasteiger partial charge < -0.3 is 14.4 Å². The minimum Gasteiger partial charge on any atom is -0.493 e. The van der Waals surface area contributed by atoms with Crippen LogP contribution in [0.2, 0.25) is 0 Å². The standard InChI is InChI=1S/C21H26N2O5S/c1-4-28-19-11-8-15(12-20(19)27-3)14-23(2)21(24)16-6-5-7-18(13-16)29(25,26)22-17-9-10-17/h5-8,11-13,17,22H,4,9-10,14H2,1-3H3.